The van der Waals surface area contributed by atoms with E-state index in [1.165, 1.54) is 19.3 Å². The largest absolute Gasteiger partial charge is 0.284 e. The standard InChI is InChI=1S/C24H26BrClN4O/c1-15-22(24(31)28-29-13-17-5-4-6-18(17)14-29)27-30(21-8-3-2-7-20(21)26)23(15)16-9-11-19(25)12-10-16/h2-3,7-12,15,17-18,23H,4-6,13-14H2,1H3,(H,28,31)/t15-,17?,18?,23+/m1/s1. The summed E-state index contributed by atoms with van der Waals surface area (Å²) in [6.45, 7) is 3.96. The molecule has 0 bridgehead atoms. The summed E-state index contributed by atoms with van der Waals surface area (Å²) in [7, 11) is 0. The van der Waals surface area contributed by atoms with Crippen molar-refractivity contribution in [1.82, 2.24) is 10.4 Å². The molecule has 1 aliphatic carbocycles. The number of hydrazone groups is 1. The Bertz CT molecular complexity index is 999. The minimum absolute atomic E-state index is 0.0837. The summed E-state index contributed by atoms with van der Waals surface area (Å²) < 4.78 is 1.02. The smallest absolute Gasteiger partial charge is 0.282 e. The Balaban J connectivity index is 1.43. The normalized spacial score (nSPS) is 28.0. The highest BCUT2D eigenvalue weighted by Crippen LogP contribution is 2.42. The number of rotatable bonds is 4. The molecule has 5 rings (SSSR count). The number of para-hydroxylation sites is 1. The van der Waals surface area contributed by atoms with Gasteiger partial charge in [-0.15, -0.1) is 0 Å². The number of carbonyl (C=O) groups is 1. The van der Waals surface area contributed by atoms with Crippen LogP contribution in [0.4, 0.5) is 5.69 Å². The van der Waals surface area contributed by atoms with Crippen LogP contribution in [0.1, 0.15) is 37.8 Å². The molecule has 2 unspecified atom stereocenters. The van der Waals surface area contributed by atoms with Crippen molar-refractivity contribution in [2.45, 2.75) is 32.2 Å². The van der Waals surface area contributed by atoms with Crippen molar-refractivity contribution in [3.8, 4) is 0 Å². The van der Waals surface area contributed by atoms with Gasteiger partial charge in [0.25, 0.3) is 5.91 Å². The Morgan fingerprint density at radius 1 is 1.10 bits per heavy atom. The molecule has 3 aliphatic rings. The highest BCUT2D eigenvalue weighted by Gasteiger charge is 2.42. The van der Waals surface area contributed by atoms with Gasteiger partial charge in [-0.1, -0.05) is 65.1 Å². The fourth-order valence-corrected chi connectivity index (χ4v) is 5.83. The van der Waals surface area contributed by atoms with Crippen LogP contribution in [-0.2, 0) is 4.79 Å². The zero-order valence-corrected chi connectivity index (χ0v) is 19.8. The number of nitrogens with one attached hydrogen (secondary N) is 1. The van der Waals surface area contributed by atoms with Gasteiger partial charge in [0.1, 0.15) is 5.71 Å². The minimum Gasteiger partial charge on any atom is -0.284 e. The number of amides is 1. The van der Waals surface area contributed by atoms with Crippen LogP contribution in [0.15, 0.2) is 58.1 Å². The van der Waals surface area contributed by atoms with E-state index in [-0.39, 0.29) is 17.9 Å². The van der Waals surface area contributed by atoms with Gasteiger partial charge >= 0.3 is 0 Å². The molecule has 4 atom stereocenters. The Labute approximate surface area is 196 Å². The lowest BCUT2D eigenvalue weighted by molar-refractivity contribution is -0.119. The van der Waals surface area contributed by atoms with Gasteiger partial charge in [-0.3, -0.25) is 15.2 Å². The van der Waals surface area contributed by atoms with Gasteiger partial charge in [0.05, 0.1) is 16.8 Å². The molecule has 2 aliphatic heterocycles. The van der Waals surface area contributed by atoms with Gasteiger partial charge in [-0.25, -0.2) is 5.01 Å². The van der Waals surface area contributed by atoms with Crippen LogP contribution in [0.5, 0.6) is 0 Å². The molecule has 0 aromatic heterocycles. The number of hydrogen-bond donors (Lipinski definition) is 1. The Morgan fingerprint density at radius 3 is 2.45 bits per heavy atom. The third-order valence-electron chi connectivity index (χ3n) is 6.91. The second kappa shape index (κ2) is 8.57. The summed E-state index contributed by atoms with van der Waals surface area (Å²) in [4.78, 5) is 13.3. The molecule has 2 fully saturated rings. The first-order valence-corrected chi connectivity index (χ1v) is 12.1. The summed E-state index contributed by atoms with van der Waals surface area (Å²) in [6.07, 6.45) is 3.88. The number of nitrogens with zero attached hydrogens (tertiary/aromatic N) is 3. The number of halogens is 2. The van der Waals surface area contributed by atoms with Gasteiger partial charge in [0, 0.05) is 23.5 Å². The molecule has 2 aromatic rings. The second-order valence-electron chi connectivity index (χ2n) is 8.86. The van der Waals surface area contributed by atoms with Crippen LogP contribution in [0.2, 0.25) is 5.02 Å². The fourth-order valence-electron chi connectivity index (χ4n) is 5.34. The number of benzene rings is 2. The monoisotopic (exact) mass is 500 g/mol. The van der Waals surface area contributed by atoms with Crippen LogP contribution in [-0.4, -0.2) is 29.7 Å². The average molecular weight is 502 g/mol. The van der Waals surface area contributed by atoms with E-state index in [0.29, 0.717) is 10.7 Å². The number of carbonyl (C=O) groups excluding carboxylic acids is 1. The first-order valence-electron chi connectivity index (χ1n) is 10.9. The molecule has 5 nitrogen and oxygen atoms in total. The molecular formula is C24H26BrClN4O. The third kappa shape index (κ3) is 4.01. The molecule has 7 heteroatoms. The lowest BCUT2D eigenvalue weighted by Crippen LogP contribution is -2.45. The topological polar surface area (TPSA) is 47.9 Å². The number of fused-ring (bicyclic) bond motifs is 1. The van der Waals surface area contributed by atoms with Gasteiger partial charge in [-0.05, 0) is 54.5 Å². The summed E-state index contributed by atoms with van der Waals surface area (Å²) in [5.41, 5.74) is 5.59. The maximum absolute atomic E-state index is 13.3. The number of hydrogen-bond acceptors (Lipinski definition) is 4. The molecule has 2 heterocycles. The average Bonchev–Trinajstić information content (AvgIpc) is 3.43. The van der Waals surface area contributed by atoms with Gasteiger partial charge in [-0.2, -0.15) is 5.10 Å². The predicted molar refractivity (Wildman–Crippen MR) is 128 cm³/mol. The molecular weight excluding hydrogens is 476 g/mol. The summed E-state index contributed by atoms with van der Waals surface area (Å²) >= 11 is 10.0. The first kappa shape index (κ1) is 21.0. The van der Waals surface area contributed by atoms with Crippen molar-refractivity contribution in [2.75, 3.05) is 18.1 Å². The van der Waals surface area contributed by atoms with Gasteiger partial charge in [0.2, 0.25) is 0 Å². The van der Waals surface area contributed by atoms with E-state index in [1.54, 1.807) is 0 Å². The Morgan fingerprint density at radius 2 is 1.77 bits per heavy atom. The molecule has 1 saturated carbocycles. The van der Waals surface area contributed by atoms with Crippen LogP contribution >= 0.6 is 27.5 Å². The van der Waals surface area contributed by atoms with Crippen molar-refractivity contribution >= 4 is 44.8 Å². The summed E-state index contributed by atoms with van der Waals surface area (Å²) in [6, 6.07) is 15.8. The molecule has 31 heavy (non-hydrogen) atoms. The third-order valence-corrected chi connectivity index (χ3v) is 7.76. The molecule has 0 radical (unpaired) electrons. The number of hydrazine groups is 1. The quantitative estimate of drug-likeness (QED) is 0.609. The Kier molecular flexibility index (Phi) is 5.80. The lowest BCUT2D eigenvalue weighted by Gasteiger charge is -2.27. The zero-order chi connectivity index (χ0) is 21.5. The molecule has 0 spiro atoms. The van der Waals surface area contributed by atoms with E-state index in [4.69, 9.17) is 16.7 Å². The van der Waals surface area contributed by atoms with Crippen molar-refractivity contribution < 1.29 is 4.79 Å². The highest BCUT2D eigenvalue weighted by molar-refractivity contribution is 9.10. The van der Waals surface area contributed by atoms with Gasteiger partial charge < -0.3 is 0 Å². The lowest BCUT2D eigenvalue weighted by atomic mass is 9.91. The van der Waals surface area contributed by atoms with Crippen LogP contribution in [0.3, 0.4) is 0 Å². The number of anilines is 1. The molecule has 1 saturated heterocycles. The van der Waals surface area contributed by atoms with Crippen LogP contribution < -0.4 is 10.4 Å². The second-order valence-corrected chi connectivity index (χ2v) is 10.2. The van der Waals surface area contributed by atoms with Crippen LogP contribution in [0, 0.1) is 17.8 Å². The molecule has 2 aromatic carbocycles. The minimum atomic E-state index is -0.107. The zero-order valence-electron chi connectivity index (χ0n) is 17.5. The maximum atomic E-state index is 13.3. The van der Waals surface area contributed by atoms with E-state index in [9.17, 15) is 4.79 Å². The first-order chi connectivity index (χ1) is 15.0. The van der Waals surface area contributed by atoms with Crippen LogP contribution in [0.25, 0.3) is 0 Å². The van der Waals surface area contributed by atoms with E-state index in [1.807, 2.05) is 41.4 Å². The van der Waals surface area contributed by atoms with Crippen molar-refractivity contribution in [3.05, 3.63) is 63.6 Å². The van der Waals surface area contributed by atoms with Gasteiger partial charge in [0.15, 0.2) is 0 Å². The highest BCUT2D eigenvalue weighted by atomic mass is 79.9. The summed E-state index contributed by atoms with van der Waals surface area (Å²) in [5, 5.41) is 9.43. The van der Waals surface area contributed by atoms with Crippen molar-refractivity contribution in [1.29, 1.82) is 0 Å². The predicted octanol–water partition coefficient (Wildman–Crippen LogP) is 5.42. The molecule has 1 amide bonds. The molecule has 1 N–H and O–H groups in total. The van der Waals surface area contributed by atoms with E-state index in [0.717, 1.165) is 40.6 Å². The van der Waals surface area contributed by atoms with E-state index < -0.39 is 0 Å². The van der Waals surface area contributed by atoms with Crippen molar-refractivity contribution in [2.24, 2.45) is 22.9 Å². The van der Waals surface area contributed by atoms with E-state index >= 15 is 0 Å². The fraction of sp³-hybridized carbons (Fsp3) is 0.417. The SMILES string of the molecule is C[C@@H]1C(C(=O)NN2CC3CCCC3C2)=NN(c2ccccc2Cl)[C@@H]1c1ccc(Br)cc1. The molecule has 162 valence electrons. The van der Waals surface area contributed by atoms with E-state index in [2.05, 4.69) is 45.4 Å². The Hall–Kier alpha value is -1.89. The maximum Gasteiger partial charge on any atom is 0.282 e. The summed E-state index contributed by atoms with van der Waals surface area (Å²) in [5.74, 6) is 1.25. The van der Waals surface area contributed by atoms with Crippen molar-refractivity contribution in [3.63, 3.8) is 0 Å².